The van der Waals surface area contributed by atoms with Crippen molar-refractivity contribution in [3.63, 3.8) is 0 Å². The Hall–Kier alpha value is -2.07. The maximum Gasteiger partial charge on any atom is 0.327 e. The minimum absolute atomic E-state index is 0.0704. The lowest BCUT2D eigenvalue weighted by Crippen LogP contribution is -2.29. The predicted octanol–water partition coefficient (Wildman–Crippen LogP) is 2.25. The lowest BCUT2D eigenvalue weighted by atomic mass is 10.2. The molecule has 0 saturated carbocycles. The fourth-order valence-corrected chi connectivity index (χ4v) is 1.65. The molecule has 0 bridgehead atoms. The van der Waals surface area contributed by atoms with Crippen LogP contribution in [0.15, 0.2) is 22.7 Å². The van der Waals surface area contributed by atoms with Crippen LogP contribution in [0.2, 0.25) is 0 Å². The number of carboxylic acid groups (broad SMARTS) is 1. The molecule has 0 aliphatic rings. The van der Waals surface area contributed by atoms with Gasteiger partial charge in [-0.3, -0.25) is 10.1 Å². The molecule has 1 rings (SSSR count). The van der Waals surface area contributed by atoms with Gasteiger partial charge in [-0.1, -0.05) is 15.9 Å². The van der Waals surface area contributed by atoms with Crippen molar-refractivity contribution in [1.82, 2.24) is 0 Å². The summed E-state index contributed by atoms with van der Waals surface area (Å²) in [6, 6.07) is 3.15. The summed E-state index contributed by atoms with van der Waals surface area (Å²) in [5.41, 5.74) is -0.0986. The molecule has 2 N–H and O–H groups in total. The number of nitrogens with one attached hydrogen (secondary N) is 1. The molecule has 0 amide bonds. The largest absolute Gasteiger partial charge is 0.480 e. The number of nitro groups is 1. The lowest BCUT2D eigenvalue weighted by Gasteiger charge is -2.13. The molecule has 0 spiro atoms. The number of aliphatic carboxylic acids is 1. The number of hydrogen-bond donors (Lipinski definition) is 2. The van der Waals surface area contributed by atoms with Crippen molar-refractivity contribution >= 4 is 33.3 Å². The number of nitrogens with zero attached hydrogens (tertiary/aromatic N) is 1. The molecule has 94 valence electrons. The first-order chi connectivity index (χ1) is 8.45. The minimum atomic E-state index is -1.16. The fraction of sp³-hybridized carbons (Fsp3) is 0.182. The molecular formula is C11H9BrN2O4. The molecule has 1 unspecified atom stereocenters. The number of carbonyl (C=O) groups is 1. The summed E-state index contributed by atoms with van der Waals surface area (Å²) in [6.07, 6.45) is 4.98. The molecule has 18 heavy (non-hydrogen) atoms. The summed E-state index contributed by atoms with van der Waals surface area (Å²) in [5.74, 6) is 1.04. The van der Waals surface area contributed by atoms with Crippen LogP contribution in [0.1, 0.15) is 6.42 Å². The van der Waals surface area contributed by atoms with Crippen LogP contribution in [0.5, 0.6) is 0 Å². The zero-order valence-corrected chi connectivity index (χ0v) is 10.7. The number of nitro benzene ring substituents is 1. The van der Waals surface area contributed by atoms with Crippen molar-refractivity contribution in [2.75, 3.05) is 5.32 Å². The summed E-state index contributed by atoms with van der Waals surface area (Å²) in [5, 5.41) is 22.3. The SMILES string of the molecule is C#CCC(Nc1cc(Br)ccc1[N+](=O)[O-])C(=O)O. The van der Waals surface area contributed by atoms with E-state index in [-0.39, 0.29) is 17.8 Å². The van der Waals surface area contributed by atoms with Gasteiger partial charge in [0.2, 0.25) is 0 Å². The maximum atomic E-state index is 10.9. The summed E-state index contributed by atoms with van der Waals surface area (Å²) in [7, 11) is 0. The van der Waals surface area contributed by atoms with E-state index in [1.165, 1.54) is 18.2 Å². The van der Waals surface area contributed by atoms with Crippen molar-refractivity contribution in [2.45, 2.75) is 12.5 Å². The number of benzene rings is 1. The zero-order valence-electron chi connectivity index (χ0n) is 9.09. The Morgan fingerprint density at radius 1 is 1.67 bits per heavy atom. The monoisotopic (exact) mass is 312 g/mol. The summed E-state index contributed by atoms with van der Waals surface area (Å²) in [4.78, 5) is 21.1. The van der Waals surface area contributed by atoms with Crippen molar-refractivity contribution in [3.05, 3.63) is 32.8 Å². The number of halogens is 1. The summed E-state index contributed by atoms with van der Waals surface area (Å²) >= 11 is 3.16. The molecule has 6 nitrogen and oxygen atoms in total. The maximum absolute atomic E-state index is 10.9. The van der Waals surface area contributed by atoms with Crippen LogP contribution >= 0.6 is 15.9 Å². The fourth-order valence-electron chi connectivity index (χ4n) is 1.29. The molecule has 0 radical (unpaired) electrons. The highest BCUT2D eigenvalue weighted by atomic mass is 79.9. The molecule has 0 aliphatic carbocycles. The van der Waals surface area contributed by atoms with Crippen LogP contribution in [0.25, 0.3) is 0 Å². The molecule has 1 aromatic carbocycles. The highest BCUT2D eigenvalue weighted by Crippen LogP contribution is 2.28. The smallest absolute Gasteiger partial charge is 0.327 e. The number of rotatable bonds is 5. The van der Waals surface area contributed by atoms with E-state index in [4.69, 9.17) is 11.5 Å². The summed E-state index contributed by atoms with van der Waals surface area (Å²) in [6.45, 7) is 0. The van der Waals surface area contributed by atoms with Gasteiger partial charge in [-0.15, -0.1) is 12.3 Å². The molecule has 1 aromatic rings. The van der Waals surface area contributed by atoms with E-state index in [2.05, 4.69) is 27.2 Å². The molecular weight excluding hydrogens is 304 g/mol. The van der Waals surface area contributed by atoms with Crippen LogP contribution in [0.3, 0.4) is 0 Å². The summed E-state index contributed by atoms with van der Waals surface area (Å²) < 4.78 is 0.598. The van der Waals surface area contributed by atoms with Crippen molar-refractivity contribution in [3.8, 4) is 12.3 Å². The van der Waals surface area contributed by atoms with Gasteiger partial charge in [0.05, 0.1) is 4.92 Å². The van der Waals surface area contributed by atoms with Gasteiger partial charge in [0.25, 0.3) is 5.69 Å². The first-order valence-corrected chi connectivity index (χ1v) is 5.61. The highest BCUT2D eigenvalue weighted by Gasteiger charge is 2.21. The lowest BCUT2D eigenvalue weighted by molar-refractivity contribution is -0.384. The van der Waals surface area contributed by atoms with E-state index in [0.717, 1.165) is 0 Å². The third-order valence-corrected chi connectivity index (χ3v) is 2.60. The average Bonchev–Trinajstić information content (AvgIpc) is 2.28. The van der Waals surface area contributed by atoms with E-state index in [0.29, 0.717) is 4.47 Å². The number of terminal acetylenes is 1. The highest BCUT2D eigenvalue weighted by molar-refractivity contribution is 9.10. The normalized spacial score (nSPS) is 11.3. The Morgan fingerprint density at radius 3 is 2.83 bits per heavy atom. The van der Waals surface area contributed by atoms with Crippen molar-refractivity contribution in [2.24, 2.45) is 0 Å². The van der Waals surface area contributed by atoms with Gasteiger partial charge in [0, 0.05) is 17.0 Å². The molecule has 0 saturated heterocycles. The molecule has 0 fully saturated rings. The Kier molecular flexibility index (Phi) is 4.68. The molecule has 0 aromatic heterocycles. The van der Waals surface area contributed by atoms with Gasteiger partial charge >= 0.3 is 5.97 Å². The van der Waals surface area contributed by atoms with Gasteiger partial charge in [0.1, 0.15) is 11.7 Å². The predicted molar refractivity (Wildman–Crippen MR) is 69.3 cm³/mol. The van der Waals surface area contributed by atoms with E-state index in [9.17, 15) is 14.9 Å². The minimum Gasteiger partial charge on any atom is -0.480 e. The Balaban J connectivity index is 3.08. The third kappa shape index (κ3) is 3.46. The van der Waals surface area contributed by atoms with Crippen LogP contribution in [0.4, 0.5) is 11.4 Å². The van der Waals surface area contributed by atoms with Crippen LogP contribution in [-0.4, -0.2) is 22.0 Å². The van der Waals surface area contributed by atoms with Gasteiger partial charge in [0.15, 0.2) is 0 Å². The van der Waals surface area contributed by atoms with E-state index in [1.54, 1.807) is 0 Å². The standard InChI is InChI=1S/C11H9BrN2O4/c1-2-3-8(11(15)16)13-9-6-7(12)4-5-10(9)14(17)18/h1,4-6,8,13H,3H2,(H,15,16). The van der Waals surface area contributed by atoms with Gasteiger partial charge in [-0.2, -0.15) is 0 Å². The Bertz CT molecular complexity index is 524. The number of hydrogen-bond acceptors (Lipinski definition) is 4. The second-order valence-electron chi connectivity index (χ2n) is 3.36. The average molecular weight is 313 g/mol. The second-order valence-corrected chi connectivity index (χ2v) is 4.28. The molecule has 0 heterocycles. The Labute approximate surface area is 111 Å². The molecule has 1 atom stereocenters. The first kappa shape index (κ1) is 14.0. The van der Waals surface area contributed by atoms with Crippen LogP contribution in [-0.2, 0) is 4.79 Å². The second kappa shape index (κ2) is 6.02. The first-order valence-electron chi connectivity index (χ1n) is 4.82. The van der Waals surface area contributed by atoms with Crippen molar-refractivity contribution in [1.29, 1.82) is 0 Å². The van der Waals surface area contributed by atoms with E-state index in [1.807, 2.05) is 0 Å². The topological polar surface area (TPSA) is 92.5 Å². The number of anilines is 1. The van der Waals surface area contributed by atoms with Gasteiger partial charge in [-0.25, -0.2) is 4.79 Å². The Morgan fingerprint density at radius 2 is 2.33 bits per heavy atom. The number of carboxylic acids is 1. The van der Waals surface area contributed by atoms with Gasteiger partial charge < -0.3 is 10.4 Å². The van der Waals surface area contributed by atoms with Crippen molar-refractivity contribution < 1.29 is 14.8 Å². The van der Waals surface area contributed by atoms with E-state index < -0.39 is 16.9 Å². The van der Waals surface area contributed by atoms with Crippen LogP contribution in [0, 0.1) is 22.5 Å². The van der Waals surface area contributed by atoms with E-state index >= 15 is 0 Å². The molecule has 0 aliphatic heterocycles. The van der Waals surface area contributed by atoms with Gasteiger partial charge in [-0.05, 0) is 12.1 Å². The van der Waals surface area contributed by atoms with Crippen LogP contribution < -0.4 is 5.32 Å². The molecule has 7 heteroatoms. The quantitative estimate of drug-likeness (QED) is 0.494. The zero-order chi connectivity index (χ0) is 13.7. The third-order valence-electron chi connectivity index (χ3n) is 2.11.